The first kappa shape index (κ1) is 12.0. The summed E-state index contributed by atoms with van der Waals surface area (Å²) in [6.45, 7) is 0. The molecule has 0 aliphatic carbocycles. The lowest BCUT2D eigenvalue weighted by molar-refractivity contribution is 0.354. The zero-order valence-corrected chi connectivity index (χ0v) is 11.2. The quantitative estimate of drug-likeness (QED) is 0.805. The van der Waals surface area contributed by atoms with Gasteiger partial charge in [-0.2, -0.15) is 0 Å². The van der Waals surface area contributed by atoms with Gasteiger partial charge in [0, 0.05) is 0 Å². The minimum Gasteiger partial charge on any atom is -0.493 e. The molecule has 3 nitrogen and oxygen atoms in total. The Balaban J connectivity index is 2.33. The van der Waals surface area contributed by atoms with E-state index in [0.717, 1.165) is 17.1 Å². The molecule has 17 heavy (non-hydrogen) atoms. The Morgan fingerprint density at radius 1 is 1.12 bits per heavy atom. The van der Waals surface area contributed by atoms with Crippen molar-refractivity contribution >= 4 is 15.9 Å². The lowest BCUT2D eigenvalue weighted by atomic mass is 10.1. The first-order valence-corrected chi connectivity index (χ1v) is 6.07. The van der Waals surface area contributed by atoms with Crippen LogP contribution in [0.3, 0.4) is 0 Å². The highest BCUT2D eigenvalue weighted by Gasteiger charge is 2.15. The average molecular weight is 297 g/mol. The summed E-state index contributed by atoms with van der Waals surface area (Å²) < 4.78 is 15.8. The van der Waals surface area contributed by atoms with Crippen molar-refractivity contribution in [2.75, 3.05) is 14.2 Å². The molecule has 0 aliphatic rings. The maximum Gasteiger partial charge on any atom is 0.161 e. The van der Waals surface area contributed by atoms with Gasteiger partial charge in [0.05, 0.1) is 25.3 Å². The lowest BCUT2D eigenvalue weighted by Gasteiger charge is -2.12. The van der Waals surface area contributed by atoms with E-state index >= 15 is 0 Å². The predicted octanol–water partition coefficient (Wildman–Crippen LogP) is 3.78. The number of benzene rings is 1. The molecular formula is C13H13BrO3. The Morgan fingerprint density at radius 2 is 1.88 bits per heavy atom. The fourth-order valence-electron chi connectivity index (χ4n) is 1.61. The topological polar surface area (TPSA) is 31.6 Å². The molecule has 0 aliphatic heterocycles. The maximum absolute atomic E-state index is 5.36. The van der Waals surface area contributed by atoms with Crippen LogP contribution in [-0.4, -0.2) is 14.2 Å². The highest BCUT2D eigenvalue weighted by atomic mass is 79.9. The van der Waals surface area contributed by atoms with Crippen molar-refractivity contribution in [3.8, 4) is 11.5 Å². The third-order valence-electron chi connectivity index (χ3n) is 2.49. The van der Waals surface area contributed by atoms with E-state index in [1.165, 1.54) is 0 Å². The molecule has 1 aromatic heterocycles. The number of ether oxygens (including phenoxy) is 2. The van der Waals surface area contributed by atoms with Crippen LogP contribution in [0.15, 0.2) is 41.0 Å². The van der Waals surface area contributed by atoms with Gasteiger partial charge >= 0.3 is 0 Å². The van der Waals surface area contributed by atoms with Crippen molar-refractivity contribution < 1.29 is 13.9 Å². The van der Waals surface area contributed by atoms with E-state index in [1.54, 1.807) is 20.5 Å². The molecule has 1 aromatic carbocycles. The molecule has 4 heteroatoms. The summed E-state index contributed by atoms with van der Waals surface area (Å²) in [6.07, 6.45) is 1.66. The standard InChI is InChI=1S/C13H13BrO3/c1-15-10-6-5-9(8-12(10)16-2)13(14)11-4-3-7-17-11/h3-8,13H,1-2H3. The molecule has 0 bridgehead atoms. The molecular weight excluding hydrogens is 284 g/mol. The molecule has 0 N–H and O–H groups in total. The van der Waals surface area contributed by atoms with Crippen LogP contribution >= 0.6 is 15.9 Å². The second-order valence-corrected chi connectivity index (χ2v) is 4.41. The van der Waals surface area contributed by atoms with E-state index < -0.39 is 0 Å². The van der Waals surface area contributed by atoms with Crippen molar-refractivity contribution in [2.45, 2.75) is 4.83 Å². The normalized spacial score (nSPS) is 12.2. The second kappa shape index (κ2) is 5.27. The zero-order chi connectivity index (χ0) is 12.3. The molecule has 2 rings (SSSR count). The first-order valence-electron chi connectivity index (χ1n) is 5.15. The van der Waals surface area contributed by atoms with Gasteiger partial charge in [0.2, 0.25) is 0 Å². The Morgan fingerprint density at radius 3 is 2.47 bits per heavy atom. The monoisotopic (exact) mass is 296 g/mol. The summed E-state index contributed by atoms with van der Waals surface area (Å²) in [4.78, 5) is 0.0114. The highest BCUT2D eigenvalue weighted by Crippen LogP contribution is 2.36. The fraction of sp³-hybridized carbons (Fsp3) is 0.231. The fourth-order valence-corrected chi connectivity index (χ4v) is 2.16. The maximum atomic E-state index is 5.36. The third-order valence-corrected chi connectivity index (χ3v) is 3.47. The van der Waals surface area contributed by atoms with Crippen molar-refractivity contribution in [3.63, 3.8) is 0 Å². The smallest absolute Gasteiger partial charge is 0.161 e. The number of alkyl halides is 1. The Labute approximate surface area is 108 Å². The molecule has 0 saturated carbocycles. The summed E-state index contributed by atoms with van der Waals surface area (Å²) in [5.74, 6) is 2.29. The highest BCUT2D eigenvalue weighted by molar-refractivity contribution is 9.09. The van der Waals surface area contributed by atoms with Crippen LogP contribution in [0.4, 0.5) is 0 Å². The number of hydrogen-bond donors (Lipinski definition) is 0. The number of halogens is 1. The van der Waals surface area contributed by atoms with Gasteiger partial charge in [-0.25, -0.2) is 0 Å². The predicted molar refractivity (Wildman–Crippen MR) is 69.0 cm³/mol. The molecule has 1 atom stereocenters. The van der Waals surface area contributed by atoms with Gasteiger partial charge < -0.3 is 13.9 Å². The summed E-state index contributed by atoms with van der Waals surface area (Å²) >= 11 is 3.59. The molecule has 0 fully saturated rings. The zero-order valence-electron chi connectivity index (χ0n) is 9.64. The third kappa shape index (κ3) is 2.47. The van der Waals surface area contributed by atoms with Crippen LogP contribution in [-0.2, 0) is 0 Å². The van der Waals surface area contributed by atoms with Crippen molar-refractivity contribution in [1.82, 2.24) is 0 Å². The average Bonchev–Trinajstić information content (AvgIpc) is 2.90. The van der Waals surface area contributed by atoms with E-state index in [1.807, 2.05) is 30.3 Å². The molecule has 1 heterocycles. The van der Waals surface area contributed by atoms with Crippen molar-refractivity contribution in [2.24, 2.45) is 0 Å². The molecule has 2 aromatic rings. The Bertz CT molecular complexity index is 479. The van der Waals surface area contributed by atoms with E-state index in [2.05, 4.69) is 15.9 Å². The minimum atomic E-state index is 0.0114. The van der Waals surface area contributed by atoms with Crippen molar-refractivity contribution in [3.05, 3.63) is 47.9 Å². The second-order valence-electron chi connectivity index (χ2n) is 3.49. The molecule has 0 radical (unpaired) electrons. The van der Waals surface area contributed by atoms with Gasteiger partial charge in [-0.05, 0) is 29.8 Å². The minimum absolute atomic E-state index is 0.0114. The molecule has 0 spiro atoms. The lowest BCUT2D eigenvalue weighted by Crippen LogP contribution is -1.95. The van der Waals surface area contributed by atoms with Crippen LogP contribution in [0.5, 0.6) is 11.5 Å². The van der Waals surface area contributed by atoms with Gasteiger partial charge in [-0.1, -0.05) is 22.0 Å². The summed E-state index contributed by atoms with van der Waals surface area (Å²) in [5, 5.41) is 0. The van der Waals surface area contributed by atoms with Gasteiger partial charge in [0.15, 0.2) is 11.5 Å². The van der Waals surface area contributed by atoms with E-state index in [9.17, 15) is 0 Å². The van der Waals surface area contributed by atoms with Gasteiger partial charge in [-0.15, -0.1) is 0 Å². The number of rotatable bonds is 4. The SMILES string of the molecule is COc1ccc(C(Br)c2ccco2)cc1OC. The van der Waals surface area contributed by atoms with Crippen LogP contribution < -0.4 is 9.47 Å². The Hall–Kier alpha value is -1.42. The summed E-state index contributed by atoms with van der Waals surface area (Å²) in [6, 6.07) is 9.58. The number of furan rings is 1. The first-order chi connectivity index (χ1) is 8.26. The molecule has 90 valence electrons. The number of methoxy groups -OCH3 is 2. The van der Waals surface area contributed by atoms with Crippen LogP contribution in [0.1, 0.15) is 16.2 Å². The molecule has 0 saturated heterocycles. The van der Waals surface area contributed by atoms with Gasteiger partial charge in [0.25, 0.3) is 0 Å². The van der Waals surface area contributed by atoms with E-state index in [0.29, 0.717) is 5.75 Å². The van der Waals surface area contributed by atoms with Crippen LogP contribution in [0.2, 0.25) is 0 Å². The van der Waals surface area contributed by atoms with Crippen LogP contribution in [0, 0.1) is 0 Å². The summed E-state index contributed by atoms with van der Waals surface area (Å²) in [5.41, 5.74) is 1.05. The van der Waals surface area contributed by atoms with Gasteiger partial charge in [-0.3, -0.25) is 0 Å². The largest absolute Gasteiger partial charge is 0.493 e. The van der Waals surface area contributed by atoms with E-state index in [4.69, 9.17) is 13.9 Å². The Kier molecular flexibility index (Phi) is 3.74. The summed E-state index contributed by atoms with van der Waals surface area (Å²) in [7, 11) is 3.24. The molecule has 1 unspecified atom stereocenters. The van der Waals surface area contributed by atoms with Crippen molar-refractivity contribution in [1.29, 1.82) is 0 Å². The van der Waals surface area contributed by atoms with Crippen LogP contribution in [0.25, 0.3) is 0 Å². The molecule has 0 amide bonds. The van der Waals surface area contributed by atoms with Gasteiger partial charge in [0.1, 0.15) is 5.76 Å². The number of hydrogen-bond acceptors (Lipinski definition) is 3. The van der Waals surface area contributed by atoms with E-state index in [-0.39, 0.29) is 4.83 Å².